The molecule has 0 amide bonds. The minimum absolute atomic E-state index is 0.503. The molecule has 0 bridgehead atoms. The van der Waals surface area contributed by atoms with Gasteiger partial charge in [-0.25, -0.2) is 4.98 Å². The molecule has 0 spiro atoms. The lowest BCUT2D eigenvalue weighted by Crippen LogP contribution is -2.01. The van der Waals surface area contributed by atoms with Crippen molar-refractivity contribution in [3.8, 4) is 11.3 Å². The number of hydrogen-bond donors (Lipinski definition) is 2. The highest BCUT2D eigenvalue weighted by Crippen LogP contribution is 2.27. The fraction of sp³-hybridized carbons (Fsp3) is 0.316. The summed E-state index contributed by atoms with van der Waals surface area (Å²) in [5.41, 5.74) is 3.62. The van der Waals surface area contributed by atoms with E-state index in [0.29, 0.717) is 0 Å². The van der Waals surface area contributed by atoms with Crippen molar-refractivity contribution < 1.29 is 5.11 Å². The van der Waals surface area contributed by atoms with Crippen LogP contribution in [0.25, 0.3) is 22.0 Å². The summed E-state index contributed by atoms with van der Waals surface area (Å²) in [6.45, 7) is 4.07. The fourth-order valence-electron chi connectivity index (χ4n) is 2.77. The molecule has 5 heteroatoms. The lowest BCUT2D eigenvalue weighted by Gasteiger charge is -2.12. The third kappa shape index (κ3) is 3.21. The van der Waals surface area contributed by atoms with Gasteiger partial charge in [0, 0.05) is 42.0 Å². The van der Waals surface area contributed by atoms with E-state index in [4.69, 9.17) is 0 Å². The summed E-state index contributed by atoms with van der Waals surface area (Å²) in [6.07, 6.45) is 6.64. The second-order valence-corrected chi connectivity index (χ2v) is 5.96. The molecule has 0 aliphatic carbocycles. The van der Waals surface area contributed by atoms with Crippen molar-refractivity contribution in [2.24, 2.45) is 0 Å². The van der Waals surface area contributed by atoms with Crippen LogP contribution in [0.1, 0.15) is 37.1 Å². The second kappa shape index (κ2) is 6.93. The molecular formula is C19H22N4O. The predicted octanol–water partition coefficient (Wildman–Crippen LogP) is 3.88. The zero-order chi connectivity index (χ0) is 17.1. The van der Waals surface area contributed by atoms with E-state index < -0.39 is 6.10 Å². The number of aromatic nitrogens is 3. The van der Waals surface area contributed by atoms with Crippen molar-refractivity contribution in [2.75, 3.05) is 12.4 Å². The van der Waals surface area contributed by atoms with Crippen molar-refractivity contribution >= 4 is 16.6 Å². The Morgan fingerprint density at radius 3 is 2.50 bits per heavy atom. The van der Waals surface area contributed by atoms with Gasteiger partial charge < -0.3 is 10.4 Å². The van der Waals surface area contributed by atoms with Gasteiger partial charge >= 0.3 is 0 Å². The van der Waals surface area contributed by atoms with Gasteiger partial charge in [0.1, 0.15) is 5.82 Å². The van der Waals surface area contributed by atoms with Gasteiger partial charge in [0.2, 0.25) is 0 Å². The van der Waals surface area contributed by atoms with E-state index in [-0.39, 0.29) is 0 Å². The molecule has 0 fully saturated rings. The van der Waals surface area contributed by atoms with E-state index in [9.17, 15) is 5.11 Å². The summed E-state index contributed by atoms with van der Waals surface area (Å²) in [5, 5.41) is 15.2. The minimum atomic E-state index is -0.503. The summed E-state index contributed by atoms with van der Waals surface area (Å²) in [6, 6.07) is 5.94. The summed E-state index contributed by atoms with van der Waals surface area (Å²) in [4.78, 5) is 13.3. The van der Waals surface area contributed by atoms with Crippen molar-refractivity contribution in [3.05, 3.63) is 48.0 Å². The van der Waals surface area contributed by atoms with Gasteiger partial charge in [-0.05, 0) is 37.1 Å². The molecule has 0 aliphatic rings. The predicted molar refractivity (Wildman–Crippen MR) is 96.9 cm³/mol. The number of aliphatic hydroxyl groups is 1. The van der Waals surface area contributed by atoms with Crippen LogP contribution in [0, 0.1) is 6.92 Å². The number of pyridine rings is 3. The maximum atomic E-state index is 10.1. The quantitative estimate of drug-likeness (QED) is 0.746. The first-order chi connectivity index (χ1) is 11.6. The van der Waals surface area contributed by atoms with Gasteiger partial charge in [0.15, 0.2) is 0 Å². The first-order valence-corrected chi connectivity index (χ1v) is 8.21. The fourth-order valence-corrected chi connectivity index (χ4v) is 2.77. The Morgan fingerprint density at radius 2 is 1.79 bits per heavy atom. The summed E-state index contributed by atoms with van der Waals surface area (Å²) in [7, 11) is 1.85. The number of aryl methyl sites for hydroxylation is 1. The third-order valence-corrected chi connectivity index (χ3v) is 4.17. The van der Waals surface area contributed by atoms with Gasteiger partial charge in [-0.1, -0.05) is 13.3 Å². The van der Waals surface area contributed by atoms with Crippen LogP contribution in [-0.2, 0) is 0 Å². The van der Waals surface area contributed by atoms with Gasteiger partial charge in [0.05, 0.1) is 17.5 Å². The third-order valence-electron chi connectivity index (χ3n) is 4.17. The van der Waals surface area contributed by atoms with Crippen molar-refractivity contribution in [1.82, 2.24) is 15.0 Å². The smallest absolute Gasteiger partial charge is 0.126 e. The molecule has 0 aliphatic heterocycles. The molecule has 3 rings (SSSR count). The summed E-state index contributed by atoms with van der Waals surface area (Å²) in [5.74, 6) is 0.823. The minimum Gasteiger partial charge on any atom is -0.387 e. The van der Waals surface area contributed by atoms with Crippen LogP contribution in [0.3, 0.4) is 0 Å². The van der Waals surface area contributed by atoms with Crippen LogP contribution in [0.5, 0.6) is 0 Å². The maximum absolute atomic E-state index is 10.1. The number of fused-ring (bicyclic) bond motifs is 1. The van der Waals surface area contributed by atoms with Crippen molar-refractivity contribution in [1.29, 1.82) is 0 Å². The zero-order valence-corrected chi connectivity index (χ0v) is 14.2. The van der Waals surface area contributed by atoms with Gasteiger partial charge in [-0.15, -0.1) is 0 Å². The molecule has 24 heavy (non-hydrogen) atoms. The Kier molecular flexibility index (Phi) is 4.71. The molecule has 3 aromatic rings. The molecule has 0 radical (unpaired) electrons. The number of rotatable bonds is 5. The molecule has 3 heterocycles. The second-order valence-electron chi connectivity index (χ2n) is 5.96. The van der Waals surface area contributed by atoms with E-state index >= 15 is 0 Å². The molecule has 0 saturated heterocycles. The molecule has 1 atom stereocenters. The Morgan fingerprint density at radius 1 is 1.04 bits per heavy atom. The first kappa shape index (κ1) is 16.3. The Bertz CT molecular complexity index is 863. The maximum Gasteiger partial charge on any atom is 0.126 e. The number of anilines is 1. The lowest BCUT2D eigenvalue weighted by molar-refractivity contribution is 0.161. The van der Waals surface area contributed by atoms with Crippen LogP contribution >= 0.6 is 0 Å². The number of aliphatic hydroxyl groups excluding tert-OH is 1. The van der Waals surface area contributed by atoms with E-state index in [1.807, 2.05) is 44.6 Å². The van der Waals surface area contributed by atoms with E-state index in [1.54, 1.807) is 6.20 Å². The number of hydrogen-bond acceptors (Lipinski definition) is 5. The van der Waals surface area contributed by atoms with Crippen LogP contribution in [0.4, 0.5) is 5.82 Å². The zero-order valence-electron chi connectivity index (χ0n) is 14.2. The van der Waals surface area contributed by atoms with E-state index in [0.717, 1.165) is 51.9 Å². The van der Waals surface area contributed by atoms with Crippen LogP contribution < -0.4 is 5.32 Å². The summed E-state index contributed by atoms with van der Waals surface area (Å²) < 4.78 is 0. The lowest BCUT2D eigenvalue weighted by atomic mass is 10.0. The van der Waals surface area contributed by atoms with Gasteiger partial charge in [-0.2, -0.15) is 0 Å². The molecule has 0 unspecified atom stereocenters. The molecule has 124 valence electrons. The summed E-state index contributed by atoms with van der Waals surface area (Å²) >= 11 is 0. The van der Waals surface area contributed by atoms with Gasteiger partial charge in [0.25, 0.3) is 0 Å². The van der Waals surface area contributed by atoms with Gasteiger partial charge in [-0.3, -0.25) is 9.97 Å². The molecule has 2 N–H and O–H groups in total. The Labute approximate surface area is 141 Å². The normalized spacial score (nSPS) is 12.3. The molecule has 0 aromatic carbocycles. The SMILES string of the molecule is CCC[C@H](O)c1cc(C)c(-c2cc3cnc(NC)cc3cn2)cn1. The topological polar surface area (TPSA) is 70.9 Å². The highest BCUT2D eigenvalue weighted by Gasteiger charge is 2.12. The van der Waals surface area contributed by atoms with Crippen molar-refractivity contribution in [3.63, 3.8) is 0 Å². The average Bonchev–Trinajstić information content (AvgIpc) is 2.61. The van der Waals surface area contributed by atoms with E-state index in [2.05, 4.69) is 27.2 Å². The average molecular weight is 322 g/mol. The van der Waals surface area contributed by atoms with Crippen LogP contribution in [0.2, 0.25) is 0 Å². The monoisotopic (exact) mass is 322 g/mol. The van der Waals surface area contributed by atoms with E-state index in [1.165, 1.54) is 0 Å². The molecular weight excluding hydrogens is 300 g/mol. The van der Waals surface area contributed by atoms with Crippen molar-refractivity contribution in [2.45, 2.75) is 32.8 Å². The Balaban J connectivity index is 1.97. The first-order valence-electron chi connectivity index (χ1n) is 8.21. The largest absolute Gasteiger partial charge is 0.387 e. The van der Waals surface area contributed by atoms with Crippen LogP contribution in [0.15, 0.2) is 36.8 Å². The number of nitrogens with one attached hydrogen (secondary N) is 1. The van der Waals surface area contributed by atoms with Crippen LogP contribution in [-0.4, -0.2) is 27.1 Å². The Hall–Kier alpha value is -2.53. The standard InChI is InChI=1S/C19H22N4O/c1-4-5-18(24)17-6-12(2)15(11-22-17)16-7-13-10-23-19(20-3)8-14(13)9-21-16/h6-11,18,24H,4-5H2,1-3H3,(H,20,23)/t18-/m0/s1. The number of nitrogens with zero attached hydrogens (tertiary/aromatic N) is 3. The molecule has 0 saturated carbocycles. The molecule has 3 aromatic heterocycles. The highest BCUT2D eigenvalue weighted by molar-refractivity contribution is 5.86. The highest BCUT2D eigenvalue weighted by atomic mass is 16.3. The molecule has 5 nitrogen and oxygen atoms in total.